The number of carbonyl (C=O) groups is 1. The highest BCUT2D eigenvalue weighted by Crippen LogP contribution is 2.45. The van der Waals surface area contributed by atoms with Crippen molar-refractivity contribution in [3.63, 3.8) is 0 Å². The fraction of sp³-hybridized carbons (Fsp3) is 0.522. The number of carbonyl (C=O) groups excluding carboxylic acids is 1. The molecule has 4 atom stereocenters. The van der Waals surface area contributed by atoms with E-state index in [9.17, 15) is 4.79 Å². The molecule has 2 amide bonds. The standard InChI is InChI=1S/C46H64N8O3Si/c1-29(2)58(30(3)4,31(5)6)57-39-17-14-26-52(33(39)8)45-50-49-42-25-22-35(28-53(42)45)56-40-24-23-38(36-15-12-13-16-37(36)40)47-44(55)48-43-27-41(46(9,10)11)51-54(43)34-20-18-32(7)19-21-34/h12-13,15-16,18-22,25,27-31,33,38-40H,14,17,23-24,26H2,1-11H3,(H2,47,48,55)/t33?,38-,39?,40+/m0/s1. The topological polar surface area (TPSA) is 111 Å². The van der Waals surface area contributed by atoms with Gasteiger partial charge in [0.1, 0.15) is 17.7 Å². The summed E-state index contributed by atoms with van der Waals surface area (Å²) in [6.45, 7) is 25.8. The SMILES string of the molecule is Cc1ccc(-n2nc(C(C)(C)C)cc2NC(=O)N[C@H]2CC[C@@H](Oc3ccc4nnc(N5CCCC(O[Si](C(C)C)(C(C)C)C(C)C)C5C)n4c3)c3ccccc32)cc1. The second-order valence-electron chi connectivity index (χ2n) is 18.5. The minimum absolute atomic E-state index is 0.137. The number of aromatic nitrogens is 5. The van der Waals surface area contributed by atoms with Gasteiger partial charge in [-0.3, -0.25) is 9.72 Å². The molecule has 0 radical (unpaired) electrons. The molecule has 4 heterocycles. The van der Waals surface area contributed by atoms with Gasteiger partial charge in [0.05, 0.1) is 35.8 Å². The summed E-state index contributed by atoms with van der Waals surface area (Å²) in [6, 6.07) is 22.1. The molecule has 1 fully saturated rings. The lowest BCUT2D eigenvalue weighted by atomic mass is 9.85. The number of rotatable bonds is 11. The molecule has 2 aromatic carbocycles. The normalized spacial score (nSPS) is 20.2. The van der Waals surface area contributed by atoms with Gasteiger partial charge >= 0.3 is 6.03 Å². The van der Waals surface area contributed by atoms with E-state index in [-0.39, 0.29) is 35.7 Å². The molecule has 2 unspecified atom stereocenters. The third kappa shape index (κ3) is 8.14. The number of hydrogen-bond donors (Lipinski definition) is 2. The van der Waals surface area contributed by atoms with Crippen molar-refractivity contribution in [2.24, 2.45) is 0 Å². The number of amides is 2. The van der Waals surface area contributed by atoms with Crippen molar-refractivity contribution in [3.05, 3.63) is 95.3 Å². The predicted molar refractivity (Wildman–Crippen MR) is 236 cm³/mol. The summed E-state index contributed by atoms with van der Waals surface area (Å²) in [5.41, 5.74) is 7.25. The van der Waals surface area contributed by atoms with Crippen molar-refractivity contribution in [3.8, 4) is 11.4 Å². The average molecular weight is 805 g/mol. The number of nitrogens with one attached hydrogen (secondary N) is 2. The second kappa shape index (κ2) is 16.5. The molecule has 3 aromatic heterocycles. The third-order valence-corrected chi connectivity index (χ3v) is 18.7. The number of hydrogen-bond acceptors (Lipinski definition) is 7. The molecular weight excluding hydrogens is 741 g/mol. The van der Waals surface area contributed by atoms with E-state index in [4.69, 9.17) is 19.4 Å². The van der Waals surface area contributed by atoms with E-state index in [1.165, 1.54) is 0 Å². The zero-order valence-corrected chi connectivity index (χ0v) is 37.4. The summed E-state index contributed by atoms with van der Waals surface area (Å²) in [5.74, 6) is 2.20. The van der Waals surface area contributed by atoms with E-state index in [0.717, 1.165) is 77.6 Å². The summed E-state index contributed by atoms with van der Waals surface area (Å²) in [4.78, 5) is 16.1. The van der Waals surface area contributed by atoms with Gasteiger partial charge in [-0.2, -0.15) is 5.10 Å². The zero-order valence-electron chi connectivity index (χ0n) is 36.4. The lowest BCUT2D eigenvalue weighted by Crippen LogP contribution is -2.56. The van der Waals surface area contributed by atoms with Crippen molar-refractivity contribution >= 4 is 31.8 Å². The van der Waals surface area contributed by atoms with Crippen molar-refractivity contribution in [2.45, 2.75) is 148 Å². The minimum atomic E-state index is -2.06. The summed E-state index contributed by atoms with van der Waals surface area (Å²) in [6.07, 6.45) is 5.54. The van der Waals surface area contributed by atoms with Crippen LogP contribution in [0.25, 0.3) is 11.3 Å². The average Bonchev–Trinajstić information content (AvgIpc) is 3.80. The number of benzene rings is 2. The number of nitrogens with zero attached hydrogens (tertiary/aromatic N) is 6. The maximum Gasteiger partial charge on any atom is 0.320 e. The highest BCUT2D eigenvalue weighted by molar-refractivity contribution is 6.77. The highest BCUT2D eigenvalue weighted by Gasteiger charge is 2.48. The van der Waals surface area contributed by atoms with Crippen LogP contribution in [-0.4, -0.2) is 57.4 Å². The molecule has 12 heteroatoms. The first kappa shape index (κ1) is 41.5. The number of anilines is 2. The molecule has 2 N–H and O–H groups in total. The number of aryl methyl sites for hydroxylation is 1. The van der Waals surface area contributed by atoms with Crippen LogP contribution in [0.15, 0.2) is 72.9 Å². The first-order valence-corrected chi connectivity index (χ1v) is 23.5. The number of fused-ring (bicyclic) bond motifs is 2. The molecule has 5 aromatic rings. The van der Waals surface area contributed by atoms with Crippen LogP contribution in [0, 0.1) is 6.92 Å². The van der Waals surface area contributed by atoms with Gasteiger partial charge in [0, 0.05) is 18.0 Å². The maximum atomic E-state index is 13.7. The highest BCUT2D eigenvalue weighted by atomic mass is 28.4. The minimum Gasteiger partial charge on any atom is -0.484 e. The molecule has 0 saturated carbocycles. The molecule has 11 nitrogen and oxygen atoms in total. The van der Waals surface area contributed by atoms with Crippen LogP contribution in [0.2, 0.25) is 16.6 Å². The third-order valence-electron chi connectivity index (χ3n) is 12.6. The molecule has 2 aliphatic rings. The molecule has 0 bridgehead atoms. The Morgan fingerprint density at radius 1 is 0.879 bits per heavy atom. The van der Waals surface area contributed by atoms with Crippen molar-refractivity contribution in [1.29, 1.82) is 0 Å². The van der Waals surface area contributed by atoms with E-state index in [1.54, 1.807) is 0 Å². The van der Waals surface area contributed by atoms with Crippen molar-refractivity contribution in [1.82, 2.24) is 29.7 Å². The maximum absolute atomic E-state index is 13.7. The number of pyridine rings is 1. The first-order valence-electron chi connectivity index (χ1n) is 21.4. The lowest BCUT2D eigenvalue weighted by Gasteiger charge is -2.49. The van der Waals surface area contributed by atoms with Gasteiger partial charge in [0.25, 0.3) is 0 Å². The van der Waals surface area contributed by atoms with E-state index in [1.807, 2.05) is 53.3 Å². The van der Waals surface area contributed by atoms with Crippen LogP contribution >= 0.6 is 0 Å². The quantitative estimate of drug-likeness (QED) is 0.128. The summed E-state index contributed by atoms with van der Waals surface area (Å²) in [5, 5.41) is 20.6. The Morgan fingerprint density at radius 2 is 1.57 bits per heavy atom. The van der Waals surface area contributed by atoms with Crippen LogP contribution in [0.5, 0.6) is 5.75 Å². The van der Waals surface area contributed by atoms with Gasteiger partial charge in [0.2, 0.25) is 14.3 Å². The van der Waals surface area contributed by atoms with Crippen LogP contribution in [-0.2, 0) is 9.84 Å². The summed E-state index contributed by atoms with van der Waals surface area (Å²) in [7, 11) is -2.06. The van der Waals surface area contributed by atoms with E-state index < -0.39 is 8.32 Å². The number of ether oxygens (including phenoxy) is 1. The Labute approximate surface area is 346 Å². The van der Waals surface area contributed by atoms with Crippen molar-refractivity contribution < 1.29 is 14.0 Å². The smallest absolute Gasteiger partial charge is 0.320 e. The molecule has 310 valence electrons. The Bertz CT molecular complexity index is 2180. The molecule has 58 heavy (non-hydrogen) atoms. The van der Waals surface area contributed by atoms with Crippen LogP contribution in [0.1, 0.15) is 129 Å². The number of urea groups is 1. The molecule has 1 aliphatic carbocycles. The van der Waals surface area contributed by atoms with Gasteiger partial charge in [0.15, 0.2) is 5.65 Å². The Hall–Kier alpha value is -4.68. The van der Waals surface area contributed by atoms with Crippen molar-refractivity contribution in [2.75, 3.05) is 16.8 Å². The molecular formula is C46H64N8O3Si. The number of piperidine rings is 1. The zero-order chi connectivity index (χ0) is 41.5. The molecule has 7 rings (SSSR count). The Kier molecular flexibility index (Phi) is 11.8. The van der Waals surface area contributed by atoms with Gasteiger partial charge in [-0.15, -0.1) is 10.2 Å². The first-order chi connectivity index (χ1) is 27.6. The fourth-order valence-corrected chi connectivity index (χ4v) is 15.2. The largest absolute Gasteiger partial charge is 0.484 e. The Balaban J connectivity index is 1.07. The molecule has 0 spiro atoms. The lowest BCUT2D eigenvalue weighted by molar-refractivity contribution is 0.121. The molecule has 1 saturated heterocycles. The van der Waals surface area contributed by atoms with Gasteiger partial charge < -0.3 is 19.4 Å². The molecule has 1 aliphatic heterocycles. The van der Waals surface area contributed by atoms with Gasteiger partial charge in [-0.1, -0.05) is 104 Å². The van der Waals surface area contributed by atoms with Gasteiger partial charge in [-0.05, 0) is 91.5 Å². The fourth-order valence-electron chi connectivity index (χ4n) is 9.56. The van der Waals surface area contributed by atoms with E-state index in [2.05, 4.69) is 125 Å². The van der Waals surface area contributed by atoms with Crippen LogP contribution < -0.4 is 20.3 Å². The predicted octanol–water partition coefficient (Wildman–Crippen LogP) is 10.8. The second-order valence-corrected chi connectivity index (χ2v) is 23.9. The summed E-state index contributed by atoms with van der Waals surface area (Å²) < 4.78 is 18.0. The Morgan fingerprint density at radius 3 is 2.24 bits per heavy atom. The monoisotopic (exact) mass is 804 g/mol. The van der Waals surface area contributed by atoms with Crippen LogP contribution in [0.3, 0.4) is 0 Å². The summed E-state index contributed by atoms with van der Waals surface area (Å²) >= 11 is 0. The van der Waals surface area contributed by atoms with Crippen LogP contribution in [0.4, 0.5) is 16.6 Å². The van der Waals surface area contributed by atoms with E-state index >= 15 is 0 Å². The van der Waals surface area contributed by atoms with E-state index in [0.29, 0.717) is 22.4 Å². The van der Waals surface area contributed by atoms with Gasteiger partial charge in [-0.25, -0.2) is 9.48 Å².